The molecule has 3 rings (SSSR count). The maximum atomic E-state index is 12.5. The molecule has 0 saturated carbocycles. The number of hydrogen-bond donors (Lipinski definition) is 0. The fourth-order valence-electron chi connectivity index (χ4n) is 2.45. The molecule has 2 aromatic rings. The third-order valence-corrected chi connectivity index (χ3v) is 3.38. The van der Waals surface area contributed by atoms with Crippen LogP contribution >= 0.6 is 0 Å². The summed E-state index contributed by atoms with van der Waals surface area (Å²) in [4.78, 5) is 25.0. The molecular formula is C16H12O3. The average molecular weight is 252 g/mol. The number of methoxy groups -OCH3 is 1. The summed E-state index contributed by atoms with van der Waals surface area (Å²) in [5.74, 6) is 0.177. The molecule has 0 N–H and O–H groups in total. The number of carbonyl (C=O) groups excluding carboxylic acids is 2. The summed E-state index contributed by atoms with van der Waals surface area (Å²) in [6.07, 6.45) is 0. The van der Waals surface area contributed by atoms with Gasteiger partial charge >= 0.3 is 0 Å². The van der Waals surface area contributed by atoms with Crippen molar-refractivity contribution in [3.05, 3.63) is 64.2 Å². The highest BCUT2D eigenvalue weighted by Crippen LogP contribution is 2.33. The second-order valence-corrected chi connectivity index (χ2v) is 4.59. The average Bonchev–Trinajstić information content (AvgIpc) is 2.43. The molecule has 0 atom stereocenters. The van der Waals surface area contributed by atoms with E-state index in [4.69, 9.17) is 4.74 Å². The van der Waals surface area contributed by atoms with Gasteiger partial charge in [-0.25, -0.2) is 0 Å². The van der Waals surface area contributed by atoms with Gasteiger partial charge in [-0.2, -0.15) is 0 Å². The van der Waals surface area contributed by atoms with E-state index in [2.05, 4.69) is 0 Å². The van der Waals surface area contributed by atoms with Crippen LogP contribution in [0.3, 0.4) is 0 Å². The maximum absolute atomic E-state index is 12.5. The minimum absolute atomic E-state index is 0.118. The van der Waals surface area contributed by atoms with Crippen molar-refractivity contribution >= 4 is 11.6 Å². The van der Waals surface area contributed by atoms with Crippen LogP contribution in [0.15, 0.2) is 36.4 Å². The number of benzene rings is 2. The molecule has 3 nitrogen and oxygen atoms in total. The van der Waals surface area contributed by atoms with Crippen LogP contribution in [0.25, 0.3) is 0 Å². The quantitative estimate of drug-likeness (QED) is 0.669. The van der Waals surface area contributed by atoms with Crippen LogP contribution < -0.4 is 4.74 Å². The van der Waals surface area contributed by atoms with Gasteiger partial charge in [-0.3, -0.25) is 9.59 Å². The molecule has 0 fully saturated rings. The molecular weight excluding hydrogens is 240 g/mol. The van der Waals surface area contributed by atoms with Crippen LogP contribution in [-0.4, -0.2) is 18.7 Å². The van der Waals surface area contributed by atoms with Gasteiger partial charge in [0.2, 0.25) is 0 Å². The molecule has 19 heavy (non-hydrogen) atoms. The number of carbonyl (C=O) groups is 2. The van der Waals surface area contributed by atoms with E-state index in [0.29, 0.717) is 28.0 Å². The molecule has 0 heterocycles. The Kier molecular flexibility index (Phi) is 2.49. The lowest BCUT2D eigenvalue weighted by atomic mass is 9.83. The van der Waals surface area contributed by atoms with Crippen LogP contribution in [0, 0.1) is 6.92 Å². The predicted molar refractivity (Wildman–Crippen MR) is 71.0 cm³/mol. The Balaban J connectivity index is 2.32. The Hall–Kier alpha value is -2.42. The highest BCUT2D eigenvalue weighted by Gasteiger charge is 2.31. The minimum Gasteiger partial charge on any atom is -0.496 e. The predicted octanol–water partition coefficient (Wildman–Crippen LogP) is 2.78. The summed E-state index contributed by atoms with van der Waals surface area (Å²) in [5, 5.41) is 0. The SMILES string of the molecule is COc1cccc2c1C(=O)c1ccc(C)cc1C2=O. The minimum atomic E-state index is -0.151. The first kappa shape index (κ1) is 11.7. The number of ketones is 2. The molecule has 1 aliphatic carbocycles. The zero-order chi connectivity index (χ0) is 13.6. The van der Waals surface area contributed by atoms with Crippen molar-refractivity contribution in [1.29, 1.82) is 0 Å². The van der Waals surface area contributed by atoms with Crippen molar-refractivity contribution < 1.29 is 14.3 Å². The molecule has 0 bridgehead atoms. The third kappa shape index (κ3) is 1.58. The summed E-state index contributed by atoms with van der Waals surface area (Å²) in [6, 6.07) is 10.4. The van der Waals surface area contributed by atoms with Gasteiger partial charge in [0, 0.05) is 16.7 Å². The summed E-state index contributed by atoms with van der Waals surface area (Å²) in [5.41, 5.74) is 2.68. The number of fused-ring (bicyclic) bond motifs is 2. The molecule has 1 aliphatic rings. The first-order valence-electron chi connectivity index (χ1n) is 6.00. The van der Waals surface area contributed by atoms with Crippen molar-refractivity contribution in [2.45, 2.75) is 6.92 Å². The molecule has 2 aromatic carbocycles. The number of hydrogen-bond acceptors (Lipinski definition) is 3. The van der Waals surface area contributed by atoms with Gasteiger partial charge in [0.05, 0.1) is 12.7 Å². The van der Waals surface area contributed by atoms with E-state index in [0.717, 1.165) is 5.56 Å². The highest BCUT2D eigenvalue weighted by molar-refractivity contribution is 6.29. The summed E-state index contributed by atoms with van der Waals surface area (Å²) in [7, 11) is 1.50. The summed E-state index contributed by atoms with van der Waals surface area (Å²) in [6.45, 7) is 1.90. The first-order valence-corrected chi connectivity index (χ1v) is 6.00. The standard InChI is InChI=1S/C16H12O3/c1-9-6-7-10-12(8-9)15(17)11-4-3-5-13(19-2)14(11)16(10)18/h3-8H,1-2H3. The second-order valence-electron chi connectivity index (χ2n) is 4.59. The van der Waals surface area contributed by atoms with Crippen molar-refractivity contribution in [3.63, 3.8) is 0 Å². The van der Waals surface area contributed by atoms with Crippen molar-refractivity contribution in [1.82, 2.24) is 0 Å². The largest absolute Gasteiger partial charge is 0.496 e. The first-order chi connectivity index (χ1) is 9.13. The lowest BCUT2D eigenvalue weighted by molar-refractivity contribution is 0.0976. The van der Waals surface area contributed by atoms with E-state index in [1.54, 1.807) is 30.3 Å². The number of aryl methyl sites for hydroxylation is 1. The Morgan fingerprint density at radius 3 is 2.42 bits per heavy atom. The van der Waals surface area contributed by atoms with E-state index in [1.165, 1.54) is 7.11 Å². The molecule has 0 saturated heterocycles. The molecule has 0 radical (unpaired) electrons. The fourth-order valence-corrected chi connectivity index (χ4v) is 2.45. The van der Waals surface area contributed by atoms with E-state index >= 15 is 0 Å². The van der Waals surface area contributed by atoms with E-state index in [9.17, 15) is 9.59 Å². The summed E-state index contributed by atoms with van der Waals surface area (Å²) < 4.78 is 5.20. The van der Waals surface area contributed by atoms with Gasteiger partial charge in [-0.1, -0.05) is 29.8 Å². The van der Waals surface area contributed by atoms with Crippen LogP contribution in [0.1, 0.15) is 37.4 Å². The van der Waals surface area contributed by atoms with Gasteiger partial charge in [0.15, 0.2) is 11.6 Å². The Morgan fingerprint density at radius 2 is 1.68 bits per heavy atom. The zero-order valence-electron chi connectivity index (χ0n) is 10.7. The molecule has 0 spiro atoms. The molecule has 0 aromatic heterocycles. The van der Waals surface area contributed by atoms with Crippen molar-refractivity contribution in [2.75, 3.05) is 7.11 Å². The van der Waals surface area contributed by atoms with Gasteiger partial charge in [-0.05, 0) is 19.1 Å². The zero-order valence-corrected chi connectivity index (χ0v) is 10.7. The molecule has 0 amide bonds. The van der Waals surface area contributed by atoms with Crippen LogP contribution in [0.4, 0.5) is 0 Å². The summed E-state index contributed by atoms with van der Waals surface area (Å²) >= 11 is 0. The second kappa shape index (κ2) is 4.05. The lowest BCUT2D eigenvalue weighted by Crippen LogP contribution is -2.21. The lowest BCUT2D eigenvalue weighted by Gasteiger charge is -2.19. The van der Waals surface area contributed by atoms with Gasteiger partial charge in [-0.15, -0.1) is 0 Å². The fraction of sp³-hybridized carbons (Fsp3) is 0.125. The Bertz CT molecular complexity index is 714. The Morgan fingerprint density at radius 1 is 0.895 bits per heavy atom. The molecule has 0 aliphatic heterocycles. The molecule has 94 valence electrons. The van der Waals surface area contributed by atoms with Crippen molar-refractivity contribution in [3.8, 4) is 5.75 Å². The van der Waals surface area contributed by atoms with Crippen LogP contribution in [0.2, 0.25) is 0 Å². The van der Waals surface area contributed by atoms with E-state index in [1.807, 2.05) is 13.0 Å². The van der Waals surface area contributed by atoms with E-state index < -0.39 is 0 Å². The normalized spacial score (nSPS) is 12.9. The van der Waals surface area contributed by atoms with E-state index in [-0.39, 0.29) is 11.6 Å². The smallest absolute Gasteiger partial charge is 0.198 e. The Labute approximate surface area is 110 Å². The number of rotatable bonds is 1. The molecule has 3 heteroatoms. The van der Waals surface area contributed by atoms with Crippen LogP contribution in [0.5, 0.6) is 5.75 Å². The van der Waals surface area contributed by atoms with Crippen LogP contribution in [-0.2, 0) is 0 Å². The molecule has 0 unspecified atom stereocenters. The maximum Gasteiger partial charge on any atom is 0.198 e. The topological polar surface area (TPSA) is 43.4 Å². The highest BCUT2D eigenvalue weighted by atomic mass is 16.5. The number of ether oxygens (including phenoxy) is 1. The van der Waals surface area contributed by atoms with Crippen molar-refractivity contribution in [2.24, 2.45) is 0 Å². The van der Waals surface area contributed by atoms with Gasteiger partial charge in [0.1, 0.15) is 5.75 Å². The third-order valence-electron chi connectivity index (χ3n) is 3.38. The van der Waals surface area contributed by atoms with Gasteiger partial charge < -0.3 is 4.74 Å². The monoisotopic (exact) mass is 252 g/mol. The van der Waals surface area contributed by atoms with Gasteiger partial charge in [0.25, 0.3) is 0 Å².